The minimum atomic E-state index is -0.294. The molecule has 2 amide bonds. The summed E-state index contributed by atoms with van der Waals surface area (Å²) in [5.41, 5.74) is 2.36. The summed E-state index contributed by atoms with van der Waals surface area (Å²) < 4.78 is 12.9. The Morgan fingerprint density at radius 2 is 1.57 bits per heavy atom. The quantitative estimate of drug-likeness (QED) is 0.922. The van der Waals surface area contributed by atoms with Crippen molar-refractivity contribution in [3.8, 4) is 0 Å². The number of benzene rings is 2. The third-order valence-corrected chi connectivity index (χ3v) is 3.42. The first-order chi connectivity index (χ1) is 11.0. The molecular formula is C18H19FN2O2. The highest BCUT2D eigenvalue weighted by Crippen LogP contribution is 2.11. The van der Waals surface area contributed by atoms with Crippen LogP contribution in [0.1, 0.15) is 28.4 Å². The maximum Gasteiger partial charge on any atom is 0.253 e. The minimum Gasteiger partial charge on any atom is -0.352 e. The van der Waals surface area contributed by atoms with Gasteiger partial charge in [-0.05, 0) is 35.4 Å². The van der Waals surface area contributed by atoms with Gasteiger partial charge in [-0.15, -0.1) is 0 Å². The van der Waals surface area contributed by atoms with Gasteiger partial charge in [-0.3, -0.25) is 9.59 Å². The van der Waals surface area contributed by atoms with Gasteiger partial charge in [-0.25, -0.2) is 4.39 Å². The molecule has 0 heterocycles. The van der Waals surface area contributed by atoms with Gasteiger partial charge in [0.15, 0.2) is 0 Å². The van der Waals surface area contributed by atoms with Crippen LogP contribution in [0.4, 0.5) is 4.39 Å². The van der Waals surface area contributed by atoms with Gasteiger partial charge in [-0.1, -0.05) is 24.3 Å². The predicted octanol–water partition coefficient (Wildman–Crippen LogP) is 2.73. The first kappa shape index (κ1) is 16.7. The predicted molar refractivity (Wildman–Crippen MR) is 86.2 cm³/mol. The number of rotatable bonds is 5. The van der Waals surface area contributed by atoms with Crippen LogP contribution in [-0.2, 0) is 17.9 Å². The van der Waals surface area contributed by atoms with Crippen LogP contribution < -0.4 is 5.32 Å². The SMILES string of the molecule is CC(=O)NCc1ccc(C(=O)N(C)Cc2ccc(F)cc2)cc1. The summed E-state index contributed by atoms with van der Waals surface area (Å²) in [5.74, 6) is -0.498. The lowest BCUT2D eigenvalue weighted by Crippen LogP contribution is -2.26. The van der Waals surface area contributed by atoms with Crippen molar-refractivity contribution in [2.24, 2.45) is 0 Å². The van der Waals surface area contributed by atoms with E-state index in [-0.39, 0.29) is 17.6 Å². The van der Waals surface area contributed by atoms with Crippen molar-refractivity contribution in [1.29, 1.82) is 0 Å². The fraction of sp³-hybridized carbons (Fsp3) is 0.222. The summed E-state index contributed by atoms with van der Waals surface area (Å²) in [6.07, 6.45) is 0. The summed E-state index contributed by atoms with van der Waals surface area (Å²) in [6, 6.07) is 13.2. The van der Waals surface area contributed by atoms with Crippen LogP contribution in [0.2, 0.25) is 0 Å². The summed E-state index contributed by atoms with van der Waals surface area (Å²) in [6.45, 7) is 2.31. The van der Waals surface area contributed by atoms with Crippen molar-refractivity contribution in [1.82, 2.24) is 10.2 Å². The summed E-state index contributed by atoms with van der Waals surface area (Å²) in [5, 5.41) is 2.71. The molecule has 2 rings (SSSR count). The standard InChI is InChI=1S/C18H19FN2O2/c1-13(22)20-11-14-3-7-16(8-4-14)18(23)21(2)12-15-5-9-17(19)10-6-15/h3-10H,11-12H2,1-2H3,(H,20,22). The molecule has 0 aliphatic rings. The Kier molecular flexibility index (Phi) is 5.46. The molecule has 120 valence electrons. The van der Waals surface area contributed by atoms with Crippen molar-refractivity contribution in [3.63, 3.8) is 0 Å². The van der Waals surface area contributed by atoms with Gasteiger partial charge < -0.3 is 10.2 Å². The number of carbonyl (C=O) groups is 2. The molecule has 0 unspecified atom stereocenters. The Hall–Kier alpha value is -2.69. The Labute approximate surface area is 134 Å². The van der Waals surface area contributed by atoms with Gasteiger partial charge >= 0.3 is 0 Å². The summed E-state index contributed by atoms with van der Waals surface area (Å²) in [4.78, 5) is 24.8. The fourth-order valence-corrected chi connectivity index (χ4v) is 2.15. The van der Waals surface area contributed by atoms with Crippen molar-refractivity contribution in [2.75, 3.05) is 7.05 Å². The van der Waals surface area contributed by atoms with E-state index in [4.69, 9.17) is 0 Å². The van der Waals surface area contributed by atoms with Crippen LogP contribution in [0, 0.1) is 5.82 Å². The van der Waals surface area contributed by atoms with Gasteiger partial charge in [0.05, 0.1) is 0 Å². The van der Waals surface area contributed by atoms with Crippen molar-refractivity contribution in [3.05, 3.63) is 71.0 Å². The van der Waals surface area contributed by atoms with Gasteiger partial charge in [0, 0.05) is 32.6 Å². The second kappa shape index (κ2) is 7.54. The average molecular weight is 314 g/mol. The molecule has 0 fully saturated rings. The molecule has 0 saturated heterocycles. The Bertz CT molecular complexity index is 681. The number of nitrogens with one attached hydrogen (secondary N) is 1. The van der Waals surface area contributed by atoms with Crippen LogP contribution in [0.3, 0.4) is 0 Å². The van der Waals surface area contributed by atoms with Crippen molar-refractivity contribution >= 4 is 11.8 Å². The number of halogens is 1. The van der Waals surface area contributed by atoms with E-state index >= 15 is 0 Å². The van der Waals surface area contributed by atoms with Crippen molar-refractivity contribution in [2.45, 2.75) is 20.0 Å². The maximum atomic E-state index is 12.9. The molecule has 0 atom stereocenters. The van der Waals surface area contributed by atoms with Gasteiger partial charge in [0.1, 0.15) is 5.82 Å². The zero-order valence-corrected chi connectivity index (χ0v) is 13.2. The topological polar surface area (TPSA) is 49.4 Å². The lowest BCUT2D eigenvalue weighted by molar-refractivity contribution is -0.119. The van der Waals surface area contributed by atoms with E-state index in [1.54, 1.807) is 36.2 Å². The van der Waals surface area contributed by atoms with E-state index < -0.39 is 0 Å². The lowest BCUT2D eigenvalue weighted by Gasteiger charge is -2.17. The Balaban J connectivity index is 1.98. The molecule has 2 aromatic carbocycles. The third-order valence-electron chi connectivity index (χ3n) is 3.42. The Morgan fingerprint density at radius 1 is 1.00 bits per heavy atom. The number of amides is 2. The van der Waals surface area contributed by atoms with Crippen LogP contribution >= 0.6 is 0 Å². The van der Waals surface area contributed by atoms with Crippen LogP contribution in [0.15, 0.2) is 48.5 Å². The highest BCUT2D eigenvalue weighted by Gasteiger charge is 2.12. The van der Waals surface area contributed by atoms with Crippen LogP contribution in [0.5, 0.6) is 0 Å². The van der Waals surface area contributed by atoms with E-state index in [9.17, 15) is 14.0 Å². The molecule has 0 aliphatic heterocycles. The number of carbonyl (C=O) groups excluding carboxylic acids is 2. The van der Waals surface area contributed by atoms with Gasteiger partial charge in [-0.2, -0.15) is 0 Å². The van der Waals surface area contributed by atoms with Gasteiger partial charge in [0.25, 0.3) is 5.91 Å². The first-order valence-electron chi connectivity index (χ1n) is 7.29. The van der Waals surface area contributed by atoms with E-state index in [0.29, 0.717) is 18.7 Å². The molecule has 0 aromatic heterocycles. The highest BCUT2D eigenvalue weighted by molar-refractivity contribution is 5.94. The molecular weight excluding hydrogens is 295 g/mol. The smallest absolute Gasteiger partial charge is 0.253 e. The molecule has 4 nitrogen and oxygen atoms in total. The molecule has 0 saturated carbocycles. The highest BCUT2D eigenvalue weighted by atomic mass is 19.1. The molecule has 0 spiro atoms. The molecule has 0 bridgehead atoms. The second-order valence-electron chi connectivity index (χ2n) is 5.39. The molecule has 1 N–H and O–H groups in total. The second-order valence-corrected chi connectivity index (χ2v) is 5.39. The normalized spacial score (nSPS) is 10.2. The number of nitrogens with zero attached hydrogens (tertiary/aromatic N) is 1. The number of hydrogen-bond acceptors (Lipinski definition) is 2. The van der Waals surface area contributed by atoms with E-state index in [0.717, 1.165) is 11.1 Å². The zero-order valence-electron chi connectivity index (χ0n) is 13.2. The number of hydrogen-bond donors (Lipinski definition) is 1. The maximum absolute atomic E-state index is 12.9. The molecule has 23 heavy (non-hydrogen) atoms. The largest absolute Gasteiger partial charge is 0.352 e. The van der Waals surface area contributed by atoms with E-state index in [2.05, 4.69) is 5.32 Å². The molecule has 2 aromatic rings. The first-order valence-corrected chi connectivity index (χ1v) is 7.29. The lowest BCUT2D eigenvalue weighted by atomic mass is 10.1. The minimum absolute atomic E-state index is 0.0933. The summed E-state index contributed by atoms with van der Waals surface area (Å²) in [7, 11) is 1.71. The van der Waals surface area contributed by atoms with Gasteiger partial charge in [0.2, 0.25) is 5.91 Å². The van der Waals surface area contributed by atoms with Crippen molar-refractivity contribution < 1.29 is 14.0 Å². The van der Waals surface area contributed by atoms with Crippen LogP contribution in [0.25, 0.3) is 0 Å². The van der Waals surface area contributed by atoms with E-state index in [1.165, 1.54) is 19.1 Å². The third kappa shape index (κ3) is 4.92. The average Bonchev–Trinajstić information content (AvgIpc) is 2.55. The Morgan fingerprint density at radius 3 is 2.13 bits per heavy atom. The van der Waals surface area contributed by atoms with Crippen LogP contribution in [-0.4, -0.2) is 23.8 Å². The fourth-order valence-electron chi connectivity index (χ4n) is 2.15. The van der Waals surface area contributed by atoms with E-state index in [1.807, 2.05) is 12.1 Å². The molecule has 0 radical (unpaired) electrons. The molecule has 5 heteroatoms. The zero-order chi connectivity index (χ0) is 16.8. The summed E-state index contributed by atoms with van der Waals surface area (Å²) >= 11 is 0. The monoisotopic (exact) mass is 314 g/mol. The molecule has 0 aliphatic carbocycles.